The van der Waals surface area contributed by atoms with E-state index in [-0.39, 0.29) is 17.4 Å². The Bertz CT molecular complexity index is 851. The minimum atomic E-state index is -4.59. The van der Waals surface area contributed by atoms with Crippen molar-refractivity contribution >= 4 is 11.8 Å². The van der Waals surface area contributed by atoms with E-state index in [1.165, 1.54) is 21.1 Å². The minimum absolute atomic E-state index is 0.0218. The van der Waals surface area contributed by atoms with Gasteiger partial charge in [0.2, 0.25) is 5.88 Å². The van der Waals surface area contributed by atoms with Crippen molar-refractivity contribution in [2.75, 3.05) is 19.0 Å². The Morgan fingerprint density at radius 3 is 2.71 bits per heavy atom. The van der Waals surface area contributed by atoms with E-state index in [1.54, 1.807) is 18.3 Å². The van der Waals surface area contributed by atoms with Gasteiger partial charge in [-0.2, -0.15) is 18.3 Å². The zero-order valence-electron chi connectivity index (χ0n) is 15.5. The lowest BCUT2D eigenvalue weighted by Crippen LogP contribution is -2.40. The van der Waals surface area contributed by atoms with Crippen molar-refractivity contribution in [2.24, 2.45) is 7.05 Å². The summed E-state index contributed by atoms with van der Waals surface area (Å²) >= 11 is 0. The van der Waals surface area contributed by atoms with Gasteiger partial charge in [-0.15, -0.1) is 0 Å². The number of ether oxygens (including phenoxy) is 2. The molecule has 0 bridgehead atoms. The molecule has 0 saturated carbocycles. The molecule has 2 atom stereocenters. The largest absolute Gasteiger partial charge is 0.481 e. The molecule has 2 aromatic rings. The van der Waals surface area contributed by atoms with Crippen molar-refractivity contribution in [1.82, 2.24) is 20.1 Å². The number of pyridine rings is 1. The summed E-state index contributed by atoms with van der Waals surface area (Å²) in [6, 6.07) is 2.48. The van der Waals surface area contributed by atoms with Crippen LogP contribution in [0.25, 0.3) is 0 Å². The first kappa shape index (κ1) is 19.9. The quantitative estimate of drug-likeness (QED) is 0.825. The van der Waals surface area contributed by atoms with E-state index in [0.717, 1.165) is 10.2 Å². The van der Waals surface area contributed by atoms with Crippen LogP contribution in [0.4, 0.5) is 23.8 Å². The number of aromatic nitrogens is 3. The Morgan fingerprint density at radius 2 is 2.14 bits per heavy atom. The fourth-order valence-electron chi connectivity index (χ4n) is 3.13. The van der Waals surface area contributed by atoms with Crippen molar-refractivity contribution in [2.45, 2.75) is 31.7 Å². The van der Waals surface area contributed by atoms with Gasteiger partial charge in [0.25, 0.3) is 0 Å². The molecule has 2 amide bonds. The third-order valence-corrected chi connectivity index (χ3v) is 4.49. The van der Waals surface area contributed by atoms with Crippen LogP contribution in [-0.4, -0.2) is 40.6 Å². The summed E-state index contributed by atoms with van der Waals surface area (Å²) in [5, 5.41) is 8.65. The zero-order chi connectivity index (χ0) is 20.5. The van der Waals surface area contributed by atoms with Crippen LogP contribution in [0.3, 0.4) is 0 Å². The van der Waals surface area contributed by atoms with Gasteiger partial charge in [-0.1, -0.05) is 0 Å². The number of aryl methyl sites for hydroxylation is 1. The van der Waals surface area contributed by atoms with Gasteiger partial charge >= 0.3 is 12.2 Å². The van der Waals surface area contributed by atoms with Gasteiger partial charge in [-0.3, -0.25) is 10.00 Å². The summed E-state index contributed by atoms with van der Waals surface area (Å²) in [6.07, 6.45) is -2.85. The summed E-state index contributed by atoms with van der Waals surface area (Å²) in [4.78, 5) is 16.5. The predicted molar refractivity (Wildman–Crippen MR) is 93.0 cm³/mol. The third kappa shape index (κ3) is 4.03. The molecular formula is C17H20F3N5O3. The molecule has 1 fully saturated rings. The number of carbonyl (C=O) groups excluding carboxylic acids is 1. The van der Waals surface area contributed by atoms with Crippen molar-refractivity contribution < 1.29 is 27.4 Å². The molecule has 0 radical (unpaired) electrons. The molecule has 11 heteroatoms. The number of carbonyl (C=O) groups is 1. The number of hydrogen-bond donors (Lipinski definition) is 2. The standard InChI is InChI=1S/C17H20F3N5O3/c1-9-14(17(18,19)20)24-25(2)15(9)23-16(26)22-11-6-7-28-13(11)10-4-5-12(27-3)21-8-10/h4-5,8,11,13H,6-7H2,1-3H3,(H2,22,23,26)/t11-,13+/m1/s1. The van der Waals surface area contributed by atoms with Crippen molar-refractivity contribution in [3.8, 4) is 5.88 Å². The zero-order valence-corrected chi connectivity index (χ0v) is 15.5. The minimum Gasteiger partial charge on any atom is -0.481 e. The van der Waals surface area contributed by atoms with Crippen molar-refractivity contribution in [1.29, 1.82) is 0 Å². The van der Waals surface area contributed by atoms with Gasteiger partial charge in [-0.25, -0.2) is 9.78 Å². The molecule has 3 heterocycles. The molecule has 0 aliphatic carbocycles. The van der Waals surface area contributed by atoms with E-state index in [4.69, 9.17) is 9.47 Å². The predicted octanol–water partition coefficient (Wildman–Crippen LogP) is 2.80. The fourth-order valence-corrected chi connectivity index (χ4v) is 3.13. The highest BCUT2D eigenvalue weighted by atomic mass is 19.4. The average Bonchev–Trinajstić information content (AvgIpc) is 3.21. The molecule has 0 unspecified atom stereocenters. The Kier molecular flexibility index (Phi) is 5.45. The number of methoxy groups -OCH3 is 1. The highest BCUT2D eigenvalue weighted by Gasteiger charge is 2.38. The topological polar surface area (TPSA) is 90.3 Å². The SMILES string of the molecule is COc1ccc([C@@H]2OCC[C@H]2NC(=O)Nc2c(C)c(C(F)(F)F)nn2C)cn1. The van der Waals surface area contributed by atoms with Crippen molar-refractivity contribution in [3.63, 3.8) is 0 Å². The number of amides is 2. The molecule has 28 heavy (non-hydrogen) atoms. The second-order valence-corrected chi connectivity index (χ2v) is 6.36. The van der Waals surface area contributed by atoms with Crippen LogP contribution in [0.1, 0.15) is 29.3 Å². The molecule has 2 N–H and O–H groups in total. The van der Waals surface area contributed by atoms with Crippen LogP contribution >= 0.6 is 0 Å². The normalized spacial score (nSPS) is 19.5. The molecule has 0 aromatic carbocycles. The molecule has 0 spiro atoms. The van der Waals surface area contributed by atoms with Crippen LogP contribution in [0, 0.1) is 6.92 Å². The molecule has 2 aromatic heterocycles. The molecule has 1 saturated heterocycles. The number of halogens is 3. The second-order valence-electron chi connectivity index (χ2n) is 6.36. The first-order valence-corrected chi connectivity index (χ1v) is 8.50. The van der Waals surface area contributed by atoms with Gasteiger partial charge < -0.3 is 14.8 Å². The van der Waals surface area contributed by atoms with E-state index in [1.807, 2.05) is 0 Å². The third-order valence-electron chi connectivity index (χ3n) is 4.49. The molecule has 1 aliphatic heterocycles. The smallest absolute Gasteiger partial charge is 0.435 e. The summed E-state index contributed by atoms with van der Waals surface area (Å²) in [5.41, 5.74) is -0.417. The second kappa shape index (κ2) is 7.66. The van der Waals surface area contributed by atoms with E-state index in [0.29, 0.717) is 18.9 Å². The number of nitrogens with one attached hydrogen (secondary N) is 2. The molecular weight excluding hydrogens is 379 g/mol. The maximum atomic E-state index is 13.0. The van der Waals surface area contributed by atoms with Gasteiger partial charge in [0.05, 0.1) is 13.2 Å². The van der Waals surface area contributed by atoms with E-state index in [9.17, 15) is 18.0 Å². The maximum absolute atomic E-state index is 13.0. The Labute approximate surface area is 159 Å². The van der Waals surface area contributed by atoms with E-state index >= 15 is 0 Å². The van der Waals surface area contributed by atoms with Crippen LogP contribution in [0.5, 0.6) is 5.88 Å². The average molecular weight is 399 g/mol. The number of rotatable bonds is 4. The Balaban J connectivity index is 1.70. The summed E-state index contributed by atoms with van der Waals surface area (Å²) in [7, 11) is 2.84. The van der Waals surface area contributed by atoms with Gasteiger partial charge in [-0.05, 0) is 19.4 Å². The van der Waals surface area contributed by atoms with Gasteiger partial charge in [0.1, 0.15) is 11.9 Å². The maximum Gasteiger partial charge on any atom is 0.435 e. The number of hydrogen-bond acceptors (Lipinski definition) is 5. The highest BCUT2D eigenvalue weighted by Crippen LogP contribution is 2.34. The Morgan fingerprint density at radius 1 is 1.39 bits per heavy atom. The number of alkyl halides is 3. The first-order valence-electron chi connectivity index (χ1n) is 8.50. The summed E-state index contributed by atoms with van der Waals surface area (Å²) in [5.74, 6) is 0.433. The monoisotopic (exact) mass is 399 g/mol. The van der Waals surface area contributed by atoms with Crippen LogP contribution in [0.15, 0.2) is 18.3 Å². The number of urea groups is 1. The van der Waals surface area contributed by atoms with Crippen LogP contribution in [0.2, 0.25) is 0 Å². The lowest BCUT2D eigenvalue weighted by Gasteiger charge is -2.20. The Hall–Kier alpha value is -2.82. The van der Waals surface area contributed by atoms with E-state index < -0.39 is 24.0 Å². The lowest BCUT2D eigenvalue weighted by molar-refractivity contribution is -0.141. The van der Waals surface area contributed by atoms with Crippen molar-refractivity contribution in [3.05, 3.63) is 35.2 Å². The highest BCUT2D eigenvalue weighted by molar-refractivity contribution is 5.89. The van der Waals surface area contributed by atoms with Crippen LogP contribution in [-0.2, 0) is 18.0 Å². The number of nitrogens with zero attached hydrogens (tertiary/aromatic N) is 3. The molecule has 1 aliphatic rings. The summed E-state index contributed by atoms with van der Waals surface area (Å²) < 4.78 is 50.6. The van der Waals surface area contributed by atoms with Gasteiger partial charge in [0.15, 0.2) is 5.69 Å². The lowest BCUT2D eigenvalue weighted by atomic mass is 10.0. The first-order chi connectivity index (χ1) is 13.2. The van der Waals surface area contributed by atoms with E-state index in [2.05, 4.69) is 20.7 Å². The molecule has 152 valence electrons. The molecule has 8 nitrogen and oxygen atoms in total. The van der Waals surface area contributed by atoms with Crippen LogP contribution < -0.4 is 15.4 Å². The summed E-state index contributed by atoms with van der Waals surface area (Å²) in [6.45, 7) is 1.69. The number of anilines is 1. The molecule has 3 rings (SSSR count). The van der Waals surface area contributed by atoms with Gasteiger partial charge in [0, 0.05) is 37.0 Å². The fraction of sp³-hybridized carbons (Fsp3) is 0.471.